The minimum Gasteiger partial charge on any atom is -0.494 e. The van der Waals surface area contributed by atoms with Crippen molar-refractivity contribution in [3.8, 4) is 17.2 Å². The minimum absolute atomic E-state index is 0.200. The Morgan fingerprint density at radius 1 is 1.07 bits per heavy atom. The van der Waals surface area contributed by atoms with Gasteiger partial charge in [0.25, 0.3) is 0 Å². The van der Waals surface area contributed by atoms with E-state index in [1.807, 2.05) is 51.1 Å². The number of nitrogens with zero attached hydrogens (tertiary/aromatic N) is 4. The van der Waals surface area contributed by atoms with Crippen molar-refractivity contribution in [1.29, 1.82) is 0 Å². The maximum absolute atomic E-state index is 10.3. The standard InChI is InChI=1S/C20H24N4O3S/c1-13-5-6-19(26-4)18(10-13)24-20(21-22-23-24)28-12-16(25)11-27-17-8-14(2)7-15(3)9-17/h5-10,16,25H,11-12H2,1-4H3/t16-/m1/s1. The van der Waals surface area contributed by atoms with Crippen molar-refractivity contribution < 1.29 is 14.6 Å². The predicted molar refractivity (Wildman–Crippen MR) is 109 cm³/mol. The van der Waals surface area contributed by atoms with Crippen molar-refractivity contribution in [2.45, 2.75) is 32.0 Å². The summed E-state index contributed by atoms with van der Waals surface area (Å²) in [4.78, 5) is 0. The highest BCUT2D eigenvalue weighted by Crippen LogP contribution is 2.27. The van der Waals surface area contributed by atoms with Gasteiger partial charge in [0.05, 0.1) is 13.2 Å². The van der Waals surface area contributed by atoms with Crippen LogP contribution >= 0.6 is 11.8 Å². The van der Waals surface area contributed by atoms with Gasteiger partial charge in [-0.1, -0.05) is 23.9 Å². The first kappa shape index (κ1) is 20.2. The van der Waals surface area contributed by atoms with Gasteiger partial charge >= 0.3 is 0 Å². The van der Waals surface area contributed by atoms with Crippen molar-refractivity contribution in [3.63, 3.8) is 0 Å². The lowest BCUT2D eigenvalue weighted by Gasteiger charge is -2.13. The number of tetrazole rings is 1. The van der Waals surface area contributed by atoms with Crippen LogP contribution in [0.2, 0.25) is 0 Å². The predicted octanol–water partition coefficient (Wildman–Crippen LogP) is 3.13. The number of aliphatic hydroxyl groups is 1. The topological polar surface area (TPSA) is 82.3 Å². The number of ether oxygens (including phenoxy) is 2. The second kappa shape index (κ2) is 9.07. The third-order valence-corrected chi connectivity index (χ3v) is 5.11. The molecule has 0 amide bonds. The molecule has 0 saturated carbocycles. The van der Waals surface area contributed by atoms with Crippen LogP contribution < -0.4 is 9.47 Å². The first-order chi connectivity index (χ1) is 13.5. The van der Waals surface area contributed by atoms with Gasteiger partial charge in [0, 0.05) is 5.75 Å². The van der Waals surface area contributed by atoms with Gasteiger partial charge in [0.15, 0.2) is 0 Å². The summed E-state index contributed by atoms with van der Waals surface area (Å²) in [6, 6.07) is 11.8. The molecule has 7 nitrogen and oxygen atoms in total. The number of aliphatic hydroxyl groups excluding tert-OH is 1. The van der Waals surface area contributed by atoms with E-state index in [0.717, 1.165) is 28.1 Å². The molecule has 0 spiro atoms. The number of benzene rings is 2. The summed E-state index contributed by atoms with van der Waals surface area (Å²) in [5, 5.41) is 22.8. The van der Waals surface area contributed by atoms with Gasteiger partial charge in [0.2, 0.25) is 5.16 Å². The smallest absolute Gasteiger partial charge is 0.214 e. The highest BCUT2D eigenvalue weighted by Gasteiger charge is 2.16. The Balaban J connectivity index is 1.63. The average molecular weight is 401 g/mol. The molecule has 0 aliphatic carbocycles. The monoisotopic (exact) mass is 400 g/mol. The molecular weight excluding hydrogens is 376 g/mol. The number of hydrogen-bond donors (Lipinski definition) is 1. The lowest BCUT2D eigenvalue weighted by Crippen LogP contribution is -2.20. The van der Waals surface area contributed by atoms with Crippen LogP contribution in [0.25, 0.3) is 5.69 Å². The third-order valence-electron chi connectivity index (χ3n) is 4.05. The van der Waals surface area contributed by atoms with Crippen LogP contribution in [0.15, 0.2) is 41.6 Å². The Morgan fingerprint density at radius 3 is 2.54 bits per heavy atom. The zero-order valence-electron chi connectivity index (χ0n) is 16.4. The van der Waals surface area contributed by atoms with E-state index in [1.165, 1.54) is 11.8 Å². The number of methoxy groups -OCH3 is 1. The Bertz CT molecular complexity index is 925. The van der Waals surface area contributed by atoms with E-state index in [4.69, 9.17) is 9.47 Å². The molecular formula is C20H24N4O3S. The average Bonchev–Trinajstić information content (AvgIpc) is 3.12. The zero-order chi connectivity index (χ0) is 20.1. The molecule has 0 unspecified atom stereocenters. The molecule has 1 heterocycles. The number of hydrogen-bond acceptors (Lipinski definition) is 7. The maximum Gasteiger partial charge on any atom is 0.214 e. The molecule has 3 aromatic rings. The second-order valence-electron chi connectivity index (χ2n) is 6.65. The molecule has 3 rings (SSSR count). The maximum atomic E-state index is 10.3. The van der Waals surface area contributed by atoms with Crippen LogP contribution in [-0.2, 0) is 0 Å². The Hall–Kier alpha value is -2.58. The van der Waals surface area contributed by atoms with Gasteiger partial charge in [0.1, 0.15) is 23.8 Å². The summed E-state index contributed by atoms with van der Waals surface area (Å²) >= 11 is 1.36. The zero-order valence-corrected chi connectivity index (χ0v) is 17.2. The lowest BCUT2D eigenvalue weighted by atomic mass is 10.1. The molecule has 0 aliphatic heterocycles. The molecule has 2 aromatic carbocycles. The minimum atomic E-state index is -0.657. The summed E-state index contributed by atoms with van der Waals surface area (Å²) in [6.07, 6.45) is -0.657. The van der Waals surface area contributed by atoms with E-state index >= 15 is 0 Å². The summed E-state index contributed by atoms with van der Waals surface area (Å²) in [7, 11) is 1.61. The molecule has 8 heteroatoms. The molecule has 28 heavy (non-hydrogen) atoms. The number of aromatic nitrogens is 4. The van der Waals surface area contributed by atoms with Crippen LogP contribution in [0.5, 0.6) is 11.5 Å². The highest BCUT2D eigenvalue weighted by molar-refractivity contribution is 7.99. The Kier molecular flexibility index (Phi) is 6.53. The van der Waals surface area contributed by atoms with E-state index < -0.39 is 6.10 Å². The van der Waals surface area contributed by atoms with Crippen LogP contribution in [0.1, 0.15) is 16.7 Å². The fraction of sp³-hybridized carbons (Fsp3) is 0.350. The first-order valence-electron chi connectivity index (χ1n) is 8.91. The highest BCUT2D eigenvalue weighted by atomic mass is 32.2. The molecule has 1 aromatic heterocycles. The fourth-order valence-corrected chi connectivity index (χ4v) is 3.60. The molecule has 0 fully saturated rings. The summed E-state index contributed by atoms with van der Waals surface area (Å²) in [5.41, 5.74) is 4.09. The van der Waals surface area contributed by atoms with Crippen LogP contribution in [0.4, 0.5) is 0 Å². The third kappa shape index (κ3) is 5.02. The van der Waals surface area contributed by atoms with Gasteiger partial charge < -0.3 is 14.6 Å². The molecule has 0 saturated heterocycles. The van der Waals surface area contributed by atoms with Gasteiger partial charge in [-0.3, -0.25) is 0 Å². The number of rotatable bonds is 8. The Morgan fingerprint density at radius 2 is 1.82 bits per heavy atom. The molecule has 148 valence electrons. The summed E-state index contributed by atoms with van der Waals surface area (Å²) in [5.74, 6) is 1.84. The van der Waals surface area contributed by atoms with E-state index in [-0.39, 0.29) is 6.61 Å². The number of aryl methyl sites for hydroxylation is 3. The summed E-state index contributed by atoms with van der Waals surface area (Å²) < 4.78 is 12.8. The molecule has 1 atom stereocenters. The molecule has 0 radical (unpaired) electrons. The van der Waals surface area contributed by atoms with Crippen LogP contribution in [-0.4, -0.2) is 50.9 Å². The van der Waals surface area contributed by atoms with Crippen molar-refractivity contribution in [2.24, 2.45) is 0 Å². The van der Waals surface area contributed by atoms with Gasteiger partial charge in [-0.25, -0.2) is 0 Å². The molecule has 0 bridgehead atoms. The number of thioether (sulfide) groups is 1. The molecule has 0 aliphatic rings. The van der Waals surface area contributed by atoms with Gasteiger partial charge in [-0.2, -0.15) is 4.68 Å². The van der Waals surface area contributed by atoms with Crippen LogP contribution in [0.3, 0.4) is 0 Å². The second-order valence-corrected chi connectivity index (χ2v) is 7.63. The largest absolute Gasteiger partial charge is 0.494 e. The SMILES string of the molecule is COc1ccc(C)cc1-n1nnnc1SC[C@H](O)COc1cc(C)cc(C)c1. The fourth-order valence-electron chi connectivity index (χ4n) is 2.81. The van der Waals surface area contributed by atoms with Crippen molar-refractivity contribution >= 4 is 11.8 Å². The molecule has 1 N–H and O–H groups in total. The van der Waals surface area contributed by atoms with E-state index in [9.17, 15) is 5.11 Å². The van der Waals surface area contributed by atoms with Crippen molar-refractivity contribution in [3.05, 3.63) is 53.1 Å². The van der Waals surface area contributed by atoms with E-state index in [0.29, 0.717) is 16.7 Å². The lowest BCUT2D eigenvalue weighted by molar-refractivity contribution is 0.126. The van der Waals surface area contributed by atoms with E-state index in [2.05, 4.69) is 21.6 Å². The van der Waals surface area contributed by atoms with Gasteiger partial charge in [-0.15, -0.1) is 5.10 Å². The normalized spacial score (nSPS) is 12.0. The quantitative estimate of drug-likeness (QED) is 0.582. The Labute approximate surface area is 168 Å². The van der Waals surface area contributed by atoms with Crippen LogP contribution in [0, 0.1) is 20.8 Å². The summed E-state index contributed by atoms with van der Waals surface area (Å²) in [6.45, 7) is 6.23. The van der Waals surface area contributed by atoms with Crippen molar-refractivity contribution in [1.82, 2.24) is 20.2 Å². The van der Waals surface area contributed by atoms with Gasteiger partial charge in [-0.05, 0) is 72.2 Å². The van der Waals surface area contributed by atoms with E-state index in [1.54, 1.807) is 11.8 Å². The first-order valence-corrected chi connectivity index (χ1v) is 9.90. The van der Waals surface area contributed by atoms with Crippen molar-refractivity contribution in [2.75, 3.05) is 19.5 Å².